The Morgan fingerprint density at radius 2 is 0.479 bits per heavy atom. The molecule has 6 nitrogen and oxygen atoms in total. The molecule has 2 atom stereocenters. The fourth-order valence-electron chi connectivity index (χ4n) is 10.4. The van der Waals surface area contributed by atoms with Gasteiger partial charge in [-0.25, -0.2) is 0 Å². The smallest absolute Gasteiger partial charge is 0.306 e. The predicted octanol–water partition coefficient (Wildman–Crippen LogP) is 22.2. The maximum atomic E-state index is 12.9. The van der Waals surface area contributed by atoms with E-state index in [2.05, 4.69) is 41.5 Å². The second-order valence-electron chi connectivity index (χ2n) is 24.3. The lowest BCUT2D eigenvalue weighted by Crippen LogP contribution is -2.30. The maximum absolute atomic E-state index is 12.9. The zero-order valence-corrected chi connectivity index (χ0v) is 50.4. The average Bonchev–Trinajstić information content (AvgIpc) is 3.37. The number of carbonyl (C=O) groups excluding carboxylic acids is 3. The van der Waals surface area contributed by atoms with Crippen molar-refractivity contribution in [1.29, 1.82) is 0 Å². The molecule has 0 aromatic heterocycles. The van der Waals surface area contributed by atoms with Crippen molar-refractivity contribution in [3.8, 4) is 0 Å². The molecule has 0 fully saturated rings. The highest BCUT2D eigenvalue weighted by Gasteiger charge is 2.20. The van der Waals surface area contributed by atoms with Crippen LogP contribution in [0.1, 0.15) is 375 Å². The van der Waals surface area contributed by atoms with Crippen LogP contribution in [0.2, 0.25) is 0 Å². The van der Waals surface area contributed by atoms with Crippen LogP contribution in [0.4, 0.5) is 0 Å². The first kappa shape index (κ1) is 71.4. The predicted molar refractivity (Wildman–Crippen MR) is 316 cm³/mol. The van der Waals surface area contributed by atoms with Crippen molar-refractivity contribution in [2.45, 2.75) is 382 Å². The molecule has 0 aliphatic rings. The normalized spacial score (nSPS) is 12.5. The van der Waals surface area contributed by atoms with E-state index in [0.717, 1.165) is 75.5 Å². The summed E-state index contributed by atoms with van der Waals surface area (Å²) >= 11 is 0. The lowest BCUT2D eigenvalue weighted by Gasteiger charge is -2.18. The molecule has 0 N–H and O–H groups in total. The van der Waals surface area contributed by atoms with Gasteiger partial charge in [-0.05, 0) is 37.0 Å². The molecule has 6 heteroatoms. The summed E-state index contributed by atoms with van der Waals surface area (Å²) in [4.78, 5) is 38.4. The van der Waals surface area contributed by atoms with E-state index in [-0.39, 0.29) is 31.1 Å². The van der Waals surface area contributed by atoms with Crippen LogP contribution in [0.15, 0.2) is 0 Å². The van der Waals surface area contributed by atoms with Crippen molar-refractivity contribution in [2.75, 3.05) is 13.2 Å². The van der Waals surface area contributed by atoms with Gasteiger partial charge in [0, 0.05) is 19.3 Å². The van der Waals surface area contributed by atoms with Crippen molar-refractivity contribution < 1.29 is 28.6 Å². The molecular formula is C67H130O6. The molecule has 0 saturated carbocycles. The van der Waals surface area contributed by atoms with Gasteiger partial charge in [-0.2, -0.15) is 0 Å². The van der Waals surface area contributed by atoms with Crippen LogP contribution in [0.3, 0.4) is 0 Å². The molecule has 0 aliphatic heterocycles. The summed E-state index contributed by atoms with van der Waals surface area (Å²) in [6.07, 6.45) is 63.9. The number of rotatable bonds is 60. The number of hydrogen-bond donors (Lipinski definition) is 0. The third kappa shape index (κ3) is 59.5. The van der Waals surface area contributed by atoms with E-state index in [9.17, 15) is 14.4 Å². The van der Waals surface area contributed by atoms with Gasteiger partial charge in [0.15, 0.2) is 6.10 Å². The summed E-state index contributed by atoms with van der Waals surface area (Å²) in [5.74, 6) is 1.76. The largest absolute Gasteiger partial charge is 0.462 e. The van der Waals surface area contributed by atoms with E-state index in [1.54, 1.807) is 0 Å². The Bertz CT molecular complexity index is 1130. The Kier molecular flexibility index (Phi) is 56.8. The third-order valence-electron chi connectivity index (χ3n) is 15.8. The number of ether oxygens (including phenoxy) is 3. The summed E-state index contributed by atoms with van der Waals surface area (Å²) in [6, 6.07) is 0. The molecule has 1 unspecified atom stereocenters. The van der Waals surface area contributed by atoms with Gasteiger partial charge in [0.25, 0.3) is 0 Å². The third-order valence-corrected chi connectivity index (χ3v) is 15.8. The molecule has 0 saturated heterocycles. The van der Waals surface area contributed by atoms with Crippen LogP contribution in [0.25, 0.3) is 0 Å². The maximum Gasteiger partial charge on any atom is 0.306 e. The Labute approximate surface area is 457 Å². The molecule has 0 heterocycles. The Balaban J connectivity index is 4.29. The summed E-state index contributed by atoms with van der Waals surface area (Å²) in [6.45, 7) is 13.9. The lowest BCUT2D eigenvalue weighted by molar-refractivity contribution is -0.167. The van der Waals surface area contributed by atoms with E-state index in [1.165, 1.54) is 257 Å². The fourth-order valence-corrected chi connectivity index (χ4v) is 10.4. The molecule has 0 radical (unpaired) electrons. The van der Waals surface area contributed by atoms with Gasteiger partial charge in [0.1, 0.15) is 13.2 Å². The van der Waals surface area contributed by atoms with Crippen LogP contribution < -0.4 is 0 Å². The second-order valence-corrected chi connectivity index (χ2v) is 24.3. The van der Waals surface area contributed by atoms with Crippen LogP contribution in [0, 0.1) is 17.8 Å². The molecule has 0 amide bonds. The van der Waals surface area contributed by atoms with Crippen LogP contribution in [-0.2, 0) is 28.6 Å². The molecular weight excluding hydrogens is 901 g/mol. The number of hydrogen-bond acceptors (Lipinski definition) is 6. The van der Waals surface area contributed by atoms with Gasteiger partial charge >= 0.3 is 17.9 Å². The summed E-state index contributed by atoms with van der Waals surface area (Å²) in [5, 5.41) is 0. The Morgan fingerprint density at radius 3 is 0.712 bits per heavy atom. The minimum Gasteiger partial charge on any atom is -0.462 e. The second kappa shape index (κ2) is 58.1. The van der Waals surface area contributed by atoms with Crippen molar-refractivity contribution in [3.05, 3.63) is 0 Å². The zero-order chi connectivity index (χ0) is 53.3. The monoisotopic (exact) mass is 1030 g/mol. The van der Waals surface area contributed by atoms with Gasteiger partial charge < -0.3 is 14.2 Å². The Morgan fingerprint density at radius 1 is 0.274 bits per heavy atom. The first-order valence-corrected chi connectivity index (χ1v) is 33.1. The van der Waals surface area contributed by atoms with Gasteiger partial charge in [-0.15, -0.1) is 0 Å². The van der Waals surface area contributed by atoms with E-state index >= 15 is 0 Å². The average molecular weight is 1030 g/mol. The minimum atomic E-state index is -0.765. The highest BCUT2D eigenvalue weighted by atomic mass is 16.6. The summed E-state index contributed by atoms with van der Waals surface area (Å²) in [7, 11) is 0. The summed E-state index contributed by atoms with van der Waals surface area (Å²) in [5.41, 5.74) is 0. The minimum absolute atomic E-state index is 0.0623. The molecule has 0 aromatic carbocycles. The molecule has 0 aliphatic carbocycles. The molecule has 73 heavy (non-hydrogen) atoms. The van der Waals surface area contributed by atoms with E-state index in [4.69, 9.17) is 14.2 Å². The van der Waals surface area contributed by atoms with Gasteiger partial charge in [0.2, 0.25) is 0 Å². The van der Waals surface area contributed by atoms with Crippen LogP contribution >= 0.6 is 0 Å². The van der Waals surface area contributed by atoms with Gasteiger partial charge in [0.05, 0.1) is 0 Å². The van der Waals surface area contributed by atoms with Crippen molar-refractivity contribution in [3.63, 3.8) is 0 Å². The lowest BCUT2D eigenvalue weighted by atomic mass is 9.99. The van der Waals surface area contributed by atoms with Crippen molar-refractivity contribution in [2.24, 2.45) is 17.8 Å². The zero-order valence-electron chi connectivity index (χ0n) is 50.4. The van der Waals surface area contributed by atoms with Crippen LogP contribution in [0.5, 0.6) is 0 Å². The number of carbonyl (C=O) groups is 3. The molecule has 0 aromatic rings. The van der Waals surface area contributed by atoms with Crippen molar-refractivity contribution in [1.82, 2.24) is 0 Å². The quantitative estimate of drug-likeness (QED) is 0.0343. The topological polar surface area (TPSA) is 78.9 Å². The highest BCUT2D eigenvalue weighted by molar-refractivity contribution is 5.71. The summed E-state index contributed by atoms with van der Waals surface area (Å²) < 4.78 is 17.0. The number of esters is 3. The number of unbranched alkanes of at least 4 members (excludes halogenated alkanes) is 42. The fraction of sp³-hybridized carbons (Fsp3) is 0.955. The van der Waals surface area contributed by atoms with Crippen molar-refractivity contribution >= 4 is 17.9 Å². The molecule has 0 bridgehead atoms. The van der Waals surface area contributed by atoms with Gasteiger partial charge in [-0.3, -0.25) is 14.4 Å². The standard InChI is InChI=1S/C67H130O6/c1-7-63(6)55-49-43-37-31-25-19-14-15-20-26-32-38-44-50-56-65(68)71-59-64(60-72-66(69)57-51-45-39-33-27-22-16-18-24-30-36-42-48-54-62(4)5)73-67(70)58-52-46-40-34-28-21-13-11-9-8-10-12-17-23-29-35-41-47-53-61(2)3/h61-64H,7-60H2,1-6H3/t63?,64-/m0/s1. The Hall–Kier alpha value is -1.59. The molecule has 434 valence electrons. The first-order chi connectivity index (χ1) is 35.6. The molecule has 0 spiro atoms. The van der Waals surface area contributed by atoms with E-state index in [0.29, 0.717) is 19.3 Å². The van der Waals surface area contributed by atoms with E-state index < -0.39 is 6.10 Å². The van der Waals surface area contributed by atoms with E-state index in [1.807, 2.05) is 0 Å². The van der Waals surface area contributed by atoms with Gasteiger partial charge in [-0.1, -0.05) is 337 Å². The SMILES string of the molecule is CCC(C)CCCCCCCCCCCCCCCCC(=O)OC[C@@H](COC(=O)CCCCCCCCCCCCCCCC(C)C)OC(=O)CCCCCCCCCCCCCCCCCCCCC(C)C. The van der Waals surface area contributed by atoms with Crippen LogP contribution in [-0.4, -0.2) is 37.2 Å². The highest BCUT2D eigenvalue weighted by Crippen LogP contribution is 2.20. The first-order valence-electron chi connectivity index (χ1n) is 33.1. The molecule has 0 rings (SSSR count).